The van der Waals surface area contributed by atoms with E-state index in [0.717, 1.165) is 29.9 Å². The molecule has 0 fully saturated rings. The highest BCUT2D eigenvalue weighted by molar-refractivity contribution is 6.41. The maximum absolute atomic E-state index is 13.3. The Morgan fingerprint density at radius 1 is 1.03 bits per heavy atom. The van der Waals surface area contributed by atoms with Crippen LogP contribution in [0.5, 0.6) is 5.75 Å². The molecule has 3 aromatic rings. The Morgan fingerprint density at radius 2 is 1.72 bits per heavy atom. The third-order valence-electron chi connectivity index (χ3n) is 6.07. The van der Waals surface area contributed by atoms with Gasteiger partial charge in [-0.05, 0) is 47.9 Å². The molecule has 7 heteroatoms. The molecule has 0 radical (unpaired) electrons. The smallest absolute Gasteiger partial charge is 0.286 e. The number of rotatable bonds is 4. The van der Waals surface area contributed by atoms with Crippen molar-refractivity contribution in [1.29, 1.82) is 0 Å². The molecule has 6 nitrogen and oxygen atoms in total. The van der Waals surface area contributed by atoms with Crippen molar-refractivity contribution in [3.8, 4) is 5.75 Å². The fourth-order valence-corrected chi connectivity index (χ4v) is 4.68. The summed E-state index contributed by atoms with van der Waals surface area (Å²) in [5.41, 5.74) is 7.38. The summed E-state index contributed by atoms with van der Waals surface area (Å²) < 4.78 is 0. The number of amides is 1. The van der Waals surface area contributed by atoms with Gasteiger partial charge < -0.3 is 5.11 Å². The van der Waals surface area contributed by atoms with Crippen LogP contribution in [0.4, 0.5) is 11.4 Å². The summed E-state index contributed by atoms with van der Waals surface area (Å²) in [7, 11) is 0. The van der Waals surface area contributed by atoms with Crippen molar-refractivity contribution in [3.05, 3.63) is 88.9 Å². The first-order chi connectivity index (χ1) is 15.5. The molecule has 0 unspecified atom stereocenters. The van der Waals surface area contributed by atoms with E-state index in [1.165, 1.54) is 5.56 Å². The van der Waals surface area contributed by atoms with Crippen LogP contribution < -0.4 is 15.4 Å². The van der Waals surface area contributed by atoms with Gasteiger partial charge in [-0.15, -0.1) is 0 Å². The number of carbonyl (C=O) groups is 1. The summed E-state index contributed by atoms with van der Waals surface area (Å²) in [6, 6.07) is 22.3. The number of benzene rings is 3. The minimum Gasteiger partial charge on any atom is -0.508 e. The fourth-order valence-electron chi connectivity index (χ4n) is 4.46. The zero-order valence-electron chi connectivity index (χ0n) is 17.6. The Bertz CT molecular complexity index is 1190. The van der Waals surface area contributed by atoms with Crippen LogP contribution in [0.2, 0.25) is 5.02 Å². The number of hydrazone groups is 1. The van der Waals surface area contributed by atoms with E-state index in [-0.39, 0.29) is 23.6 Å². The Balaban J connectivity index is 1.48. The van der Waals surface area contributed by atoms with E-state index >= 15 is 0 Å². The molecule has 1 amide bonds. The Morgan fingerprint density at radius 3 is 2.47 bits per heavy atom. The van der Waals surface area contributed by atoms with Crippen LogP contribution in [0.15, 0.2) is 77.9 Å². The van der Waals surface area contributed by atoms with Crippen molar-refractivity contribution in [3.63, 3.8) is 0 Å². The van der Waals surface area contributed by atoms with Crippen LogP contribution in [0.1, 0.15) is 24.1 Å². The largest absolute Gasteiger partial charge is 0.508 e. The zero-order chi connectivity index (χ0) is 22.2. The van der Waals surface area contributed by atoms with Gasteiger partial charge in [-0.1, -0.05) is 61.0 Å². The van der Waals surface area contributed by atoms with Crippen molar-refractivity contribution in [1.82, 2.24) is 5.43 Å². The number of phenols is 1. The Hall–Kier alpha value is -3.51. The predicted octanol–water partition coefficient (Wildman–Crippen LogP) is 4.69. The van der Waals surface area contributed by atoms with Crippen molar-refractivity contribution >= 4 is 34.6 Å². The molecule has 0 aromatic heterocycles. The lowest BCUT2D eigenvalue weighted by molar-refractivity contribution is -0.115. The molecule has 0 spiro atoms. The normalized spacial score (nSPS) is 19.6. The van der Waals surface area contributed by atoms with Crippen LogP contribution >= 0.6 is 11.6 Å². The molecule has 2 atom stereocenters. The number of hydrazine groups is 1. The first-order valence-corrected chi connectivity index (χ1v) is 11.0. The van der Waals surface area contributed by atoms with Crippen molar-refractivity contribution in [2.24, 2.45) is 11.0 Å². The van der Waals surface area contributed by atoms with E-state index in [1.54, 1.807) is 12.1 Å². The lowest BCUT2D eigenvalue weighted by atomic mass is 9.91. The fraction of sp³-hybridized carbons (Fsp3) is 0.200. The van der Waals surface area contributed by atoms with Gasteiger partial charge >= 0.3 is 0 Å². The molecule has 5 rings (SSSR count). The van der Waals surface area contributed by atoms with Gasteiger partial charge in [-0.25, -0.2) is 0 Å². The number of nitrogens with one attached hydrogen (secondary N) is 1. The van der Waals surface area contributed by atoms with Gasteiger partial charge in [-0.3, -0.25) is 20.2 Å². The third-order valence-corrected chi connectivity index (χ3v) is 6.39. The molecule has 2 aliphatic rings. The molecule has 32 heavy (non-hydrogen) atoms. The summed E-state index contributed by atoms with van der Waals surface area (Å²) in [4.78, 5) is 13.3. The summed E-state index contributed by atoms with van der Waals surface area (Å²) >= 11 is 6.49. The van der Waals surface area contributed by atoms with Crippen molar-refractivity contribution in [2.45, 2.75) is 19.4 Å². The number of phenolic OH excluding ortho intramolecular Hbond substituents is 1. The van der Waals surface area contributed by atoms with Crippen LogP contribution in [0, 0.1) is 5.92 Å². The second-order valence-corrected chi connectivity index (χ2v) is 8.48. The lowest BCUT2D eigenvalue weighted by Crippen LogP contribution is -2.45. The van der Waals surface area contributed by atoms with Crippen LogP contribution in [0.3, 0.4) is 0 Å². The summed E-state index contributed by atoms with van der Waals surface area (Å²) in [6.07, 6.45) is 0.889. The molecule has 3 aromatic carbocycles. The average molecular weight is 447 g/mol. The monoisotopic (exact) mass is 446 g/mol. The SMILES string of the molecule is C[C@H]1C(C(=O)NN2CCc3ccccc32)=NN(c2ccccc2Cl)[C@H]1c1ccc(O)cc1. The minimum absolute atomic E-state index is 0.190. The maximum Gasteiger partial charge on any atom is 0.286 e. The van der Waals surface area contributed by atoms with Gasteiger partial charge in [0.1, 0.15) is 11.5 Å². The van der Waals surface area contributed by atoms with Crippen LogP contribution in [0.25, 0.3) is 0 Å². The van der Waals surface area contributed by atoms with E-state index in [4.69, 9.17) is 16.7 Å². The number of fused-ring (bicyclic) bond motifs is 1. The molecule has 2 N–H and O–H groups in total. The predicted molar refractivity (Wildman–Crippen MR) is 127 cm³/mol. The molecule has 0 aliphatic carbocycles. The molecule has 0 bridgehead atoms. The summed E-state index contributed by atoms with van der Waals surface area (Å²) in [5, 5.41) is 18.7. The van der Waals surface area contributed by atoms with Crippen molar-refractivity contribution < 1.29 is 9.90 Å². The number of carbonyl (C=O) groups excluding carboxylic acids is 1. The van der Waals surface area contributed by atoms with E-state index in [0.29, 0.717) is 10.7 Å². The number of hydrogen-bond donors (Lipinski definition) is 2. The van der Waals surface area contributed by atoms with Gasteiger partial charge in [0, 0.05) is 12.5 Å². The standard InChI is InChI=1S/C25H23ClN4O2/c1-16-23(25(32)28-29-15-14-17-6-2-4-8-21(17)29)27-30(22-9-5-3-7-20(22)26)24(16)18-10-12-19(31)13-11-18/h2-13,16,24,31H,14-15H2,1H3,(H,28,32)/t16-,24+/m0/s1. The highest BCUT2D eigenvalue weighted by atomic mass is 35.5. The van der Waals surface area contributed by atoms with Gasteiger partial charge in [0.05, 0.1) is 22.4 Å². The molecule has 2 aliphatic heterocycles. The van der Waals surface area contributed by atoms with Crippen LogP contribution in [-0.2, 0) is 11.2 Å². The molecule has 2 heterocycles. The number of para-hydroxylation sites is 2. The molecular weight excluding hydrogens is 424 g/mol. The number of halogens is 1. The molecular formula is C25H23ClN4O2. The topological polar surface area (TPSA) is 68.2 Å². The number of aromatic hydroxyl groups is 1. The molecule has 0 saturated heterocycles. The highest BCUT2D eigenvalue weighted by Gasteiger charge is 2.40. The minimum atomic E-state index is -0.234. The Labute approximate surface area is 191 Å². The highest BCUT2D eigenvalue weighted by Crippen LogP contribution is 2.42. The second kappa shape index (κ2) is 8.20. The van der Waals surface area contributed by atoms with E-state index in [9.17, 15) is 9.90 Å². The lowest BCUT2D eigenvalue weighted by Gasteiger charge is -2.27. The number of hydrogen-bond acceptors (Lipinski definition) is 5. The van der Waals surface area contributed by atoms with Gasteiger partial charge in [0.25, 0.3) is 5.91 Å². The van der Waals surface area contributed by atoms with Gasteiger partial charge in [-0.2, -0.15) is 5.10 Å². The van der Waals surface area contributed by atoms with Gasteiger partial charge in [0.15, 0.2) is 0 Å². The molecule has 0 saturated carbocycles. The Kier molecular flexibility index (Phi) is 5.23. The maximum atomic E-state index is 13.3. The van der Waals surface area contributed by atoms with Crippen LogP contribution in [-0.4, -0.2) is 23.3 Å². The third kappa shape index (κ3) is 3.56. The first kappa shape index (κ1) is 20.4. The zero-order valence-corrected chi connectivity index (χ0v) is 18.3. The average Bonchev–Trinajstić information content (AvgIpc) is 3.36. The quantitative estimate of drug-likeness (QED) is 0.610. The summed E-state index contributed by atoms with van der Waals surface area (Å²) in [5.74, 6) is -0.239. The van der Waals surface area contributed by atoms with E-state index in [1.807, 2.05) is 71.5 Å². The van der Waals surface area contributed by atoms with Gasteiger partial charge in [0.2, 0.25) is 0 Å². The van der Waals surface area contributed by atoms with Crippen molar-refractivity contribution in [2.75, 3.05) is 16.6 Å². The summed E-state index contributed by atoms with van der Waals surface area (Å²) in [6.45, 7) is 2.72. The molecule has 162 valence electrons. The number of anilines is 2. The van der Waals surface area contributed by atoms with E-state index in [2.05, 4.69) is 11.5 Å². The number of nitrogens with zero attached hydrogens (tertiary/aromatic N) is 3. The van der Waals surface area contributed by atoms with E-state index < -0.39 is 0 Å². The first-order valence-electron chi connectivity index (χ1n) is 10.6. The second-order valence-electron chi connectivity index (χ2n) is 8.08.